The molecule has 98 valence electrons. The third kappa shape index (κ3) is 12.4. The summed E-state index contributed by atoms with van der Waals surface area (Å²) in [5, 5.41) is 9.30. The predicted molar refractivity (Wildman–Crippen MR) is 76.3 cm³/mol. The minimum absolute atomic E-state index is 0.183. The second-order valence-corrected chi connectivity index (χ2v) is 5.17. The molecule has 1 N–H and O–H groups in total. The molecule has 1 unspecified atom stereocenters. The fourth-order valence-corrected chi connectivity index (χ4v) is 2.14. The highest BCUT2D eigenvalue weighted by Gasteiger charge is 1.99. The molecule has 0 aliphatic rings. The van der Waals surface area contributed by atoms with Crippen LogP contribution >= 0.6 is 12.6 Å². The van der Waals surface area contributed by atoms with Gasteiger partial charge < -0.3 is 5.11 Å². The van der Waals surface area contributed by atoms with Crippen LogP contribution in [0.3, 0.4) is 0 Å². The summed E-state index contributed by atoms with van der Waals surface area (Å²) in [7, 11) is 0. The van der Waals surface area contributed by atoms with Gasteiger partial charge >= 0.3 is 0 Å². The van der Waals surface area contributed by atoms with Gasteiger partial charge in [0.15, 0.2) is 0 Å². The average molecular weight is 246 g/mol. The van der Waals surface area contributed by atoms with Crippen LogP contribution < -0.4 is 0 Å². The fourth-order valence-electron chi connectivity index (χ4n) is 1.96. The van der Waals surface area contributed by atoms with Crippen LogP contribution in [0.5, 0.6) is 0 Å². The van der Waals surface area contributed by atoms with Crippen LogP contribution in [0.4, 0.5) is 0 Å². The van der Waals surface area contributed by atoms with Crippen LogP contribution in [-0.2, 0) is 0 Å². The van der Waals surface area contributed by atoms with Gasteiger partial charge in [-0.15, -0.1) is 0 Å². The minimum atomic E-state index is -0.183. The summed E-state index contributed by atoms with van der Waals surface area (Å²) in [5.41, 5.74) is 0. The van der Waals surface area contributed by atoms with E-state index in [1.807, 2.05) is 0 Å². The van der Waals surface area contributed by atoms with Crippen molar-refractivity contribution in [3.63, 3.8) is 0 Å². The lowest BCUT2D eigenvalue weighted by Crippen LogP contribution is -2.07. The lowest BCUT2D eigenvalue weighted by molar-refractivity contribution is 0.185. The van der Waals surface area contributed by atoms with Crippen LogP contribution in [0.25, 0.3) is 0 Å². The summed E-state index contributed by atoms with van der Waals surface area (Å²) in [6, 6.07) is 0. The number of hydrogen-bond donors (Lipinski definition) is 2. The summed E-state index contributed by atoms with van der Waals surface area (Å²) in [5.74, 6) is 0.609. The van der Waals surface area contributed by atoms with Gasteiger partial charge in [0.05, 0.1) is 6.10 Å². The number of hydrogen-bond acceptors (Lipinski definition) is 2. The van der Waals surface area contributed by atoms with Crippen molar-refractivity contribution in [2.45, 2.75) is 83.7 Å². The largest absolute Gasteiger partial charge is 0.392 e. The molecule has 0 saturated carbocycles. The zero-order valence-electron chi connectivity index (χ0n) is 11.0. The van der Waals surface area contributed by atoms with Crippen molar-refractivity contribution in [2.75, 3.05) is 5.75 Å². The molecular weight excluding hydrogens is 216 g/mol. The zero-order chi connectivity index (χ0) is 12.1. The minimum Gasteiger partial charge on any atom is -0.392 e. The molecule has 0 heterocycles. The van der Waals surface area contributed by atoms with E-state index >= 15 is 0 Å². The van der Waals surface area contributed by atoms with Gasteiger partial charge in [-0.3, -0.25) is 0 Å². The Kier molecular flexibility index (Phi) is 13.6. The Morgan fingerprint density at radius 2 is 1.25 bits per heavy atom. The Hall–Kier alpha value is 0.310. The predicted octanol–water partition coefficient (Wildman–Crippen LogP) is 4.59. The van der Waals surface area contributed by atoms with Crippen molar-refractivity contribution in [3.8, 4) is 0 Å². The molecule has 0 saturated heterocycles. The number of aliphatic hydroxyl groups is 1. The number of aliphatic hydroxyl groups excluding tert-OH is 1. The molecular formula is C14H30OS. The fraction of sp³-hybridized carbons (Fsp3) is 1.00. The van der Waals surface area contributed by atoms with E-state index in [4.69, 9.17) is 0 Å². The Morgan fingerprint density at radius 3 is 1.69 bits per heavy atom. The summed E-state index contributed by atoms with van der Waals surface area (Å²) >= 11 is 4.06. The first-order chi connectivity index (χ1) is 7.81. The molecule has 0 fully saturated rings. The van der Waals surface area contributed by atoms with E-state index in [9.17, 15) is 5.11 Å². The van der Waals surface area contributed by atoms with Crippen LogP contribution in [0.1, 0.15) is 77.6 Å². The molecule has 0 aromatic carbocycles. The van der Waals surface area contributed by atoms with Crippen molar-refractivity contribution in [2.24, 2.45) is 0 Å². The molecule has 0 spiro atoms. The summed E-state index contributed by atoms with van der Waals surface area (Å²) in [4.78, 5) is 0. The van der Waals surface area contributed by atoms with E-state index in [1.165, 1.54) is 57.8 Å². The maximum absolute atomic E-state index is 9.30. The second kappa shape index (κ2) is 13.4. The molecule has 1 atom stereocenters. The monoisotopic (exact) mass is 246 g/mol. The van der Waals surface area contributed by atoms with Crippen LogP contribution in [0.2, 0.25) is 0 Å². The summed E-state index contributed by atoms with van der Waals surface area (Å²) in [6.45, 7) is 2.26. The molecule has 1 nitrogen and oxygen atoms in total. The Morgan fingerprint density at radius 1 is 0.812 bits per heavy atom. The van der Waals surface area contributed by atoms with Crippen LogP contribution in [0, 0.1) is 0 Å². The van der Waals surface area contributed by atoms with Gasteiger partial charge in [0, 0.05) is 5.75 Å². The molecule has 16 heavy (non-hydrogen) atoms. The second-order valence-electron chi connectivity index (χ2n) is 4.81. The first-order valence-corrected chi connectivity index (χ1v) is 7.73. The van der Waals surface area contributed by atoms with Crippen LogP contribution in [0.15, 0.2) is 0 Å². The Balaban J connectivity index is 2.93. The topological polar surface area (TPSA) is 20.2 Å². The summed E-state index contributed by atoms with van der Waals surface area (Å²) in [6.07, 6.45) is 14.3. The number of unbranched alkanes of at least 4 members (excludes halogenated alkanes) is 9. The zero-order valence-corrected chi connectivity index (χ0v) is 11.9. The third-order valence-corrected chi connectivity index (χ3v) is 3.52. The van der Waals surface area contributed by atoms with E-state index in [1.54, 1.807) is 0 Å². The van der Waals surface area contributed by atoms with Crippen molar-refractivity contribution >= 4 is 12.6 Å². The molecule has 0 radical (unpaired) electrons. The van der Waals surface area contributed by atoms with E-state index in [0.717, 1.165) is 12.8 Å². The third-order valence-electron chi connectivity index (χ3n) is 3.10. The van der Waals surface area contributed by atoms with E-state index in [0.29, 0.717) is 5.75 Å². The van der Waals surface area contributed by atoms with Gasteiger partial charge in [-0.25, -0.2) is 0 Å². The lowest BCUT2D eigenvalue weighted by atomic mass is 10.1. The highest BCUT2D eigenvalue weighted by molar-refractivity contribution is 7.80. The van der Waals surface area contributed by atoms with E-state index in [-0.39, 0.29) is 6.10 Å². The summed E-state index contributed by atoms with van der Waals surface area (Å²) < 4.78 is 0. The normalized spacial score (nSPS) is 12.9. The molecule has 2 heteroatoms. The molecule has 0 bridgehead atoms. The number of rotatable bonds is 12. The first kappa shape index (κ1) is 16.3. The van der Waals surface area contributed by atoms with Gasteiger partial charge in [-0.1, -0.05) is 71.1 Å². The maximum atomic E-state index is 9.30. The average Bonchev–Trinajstić information content (AvgIpc) is 2.31. The number of thiol groups is 1. The van der Waals surface area contributed by atoms with Crippen molar-refractivity contribution in [1.29, 1.82) is 0 Å². The smallest absolute Gasteiger partial charge is 0.0628 e. The van der Waals surface area contributed by atoms with Crippen molar-refractivity contribution < 1.29 is 5.11 Å². The van der Waals surface area contributed by atoms with E-state index < -0.39 is 0 Å². The van der Waals surface area contributed by atoms with Gasteiger partial charge in [0.2, 0.25) is 0 Å². The molecule has 0 aliphatic carbocycles. The van der Waals surface area contributed by atoms with Gasteiger partial charge in [0.1, 0.15) is 0 Å². The standard InChI is InChI=1S/C14H30OS/c1-2-3-4-5-6-7-8-9-10-11-12-14(15)13-16/h14-16H,2-13H2,1H3. The van der Waals surface area contributed by atoms with Gasteiger partial charge in [-0.2, -0.15) is 12.6 Å². The Labute approximate surface area is 107 Å². The molecule has 0 aromatic rings. The SMILES string of the molecule is CCCCCCCCCCCCC(O)CS. The van der Waals surface area contributed by atoms with E-state index in [2.05, 4.69) is 19.6 Å². The maximum Gasteiger partial charge on any atom is 0.0628 e. The first-order valence-electron chi connectivity index (χ1n) is 7.10. The highest BCUT2D eigenvalue weighted by Crippen LogP contribution is 2.12. The van der Waals surface area contributed by atoms with Gasteiger partial charge in [0.25, 0.3) is 0 Å². The van der Waals surface area contributed by atoms with Crippen molar-refractivity contribution in [1.82, 2.24) is 0 Å². The lowest BCUT2D eigenvalue weighted by Gasteiger charge is -2.06. The molecule has 0 aliphatic heterocycles. The molecule has 0 amide bonds. The quantitative estimate of drug-likeness (QED) is 0.381. The van der Waals surface area contributed by atoms with Crippen LogP contribution in [-0.4, -0.2) is 17.0 Å². The molecule has 0 rings (SSSR count). The highest BCUT2D eigenvalue weighted by atomic mass is 32.1. The van der Waals surface area contributed by atoms with Crippen molar-refractivity contribution in [3.05, 3.63) is 0 Å². The molecule has 0 aromatic heterocycles. The Bertz CT molecular complexity index is 128. The van der Waals surface area contributed by atoms with Gasteiger partial charge in [-0.05, 0) is 6.42 Å².